The van der Waals surface area contributed by atoms with Gasteiger partial charge in [-0.25, -0.2) is 4.79 Å². The third-order valence-electron chi connectivity index (χ3n) is 3.51. The first-order valence-corrected chi connectivity index (χ1v) is 6.56. The molecule has 3 rings (SSSR count). The van der Waals surface area contributed by atoms with Crippen LogP contribution in [0.1, 0.15) is 29.0 Å². The molecule has 1 aliphatic carbocycles. The van der Waals surface area contributed by atoms with Gasteiger partial charge in [0.2, 0.25) is 5.76 Å². The number of carboxylic acids is 1. The molecule has 4 nitrogen and oxygen atoms in total. The Labute approximate surface area is 111 Å². The Morgan fingerprint density at radius 1 is 1.42 bits per heavy atom. The fraction of sp³-hybridized carbons (Fsp3) is 0.400. The maximum absolute atomic E-state index is 10.9. The van der Waals surface area contributed by atoms with Crippen LogP contribution in [0.4, 0.5) is 0 Å². The van der Waals surface area contributed by atoms with Crippen LogP contribution in [0.25, 0.3) is 11.0 Å². The van der Waals surface area contributed by atoms with Gasteiger partial charge in [-0.3, -0.25) is 0 Å². The Bertz CT molecular complexity index is 613. The van der Waals surface area contributed by atoms with Crippen LogP contribution in [0.2, 0.25) is 0 Å². The van der Waals surface area contributed by atoms with Gasteiger partial charge >= 0.3 is 5.97 Å². The van der Waals surface area contributed by atoms with Crippen LogP contribution in [-0.2, 0) is 6.54 Å². The second kappa shape index (κ2) is 4.70. The van der Waals surface area contributed by atoms with Crippen LogP contribution >= 0.6 is 0 Å². The van der Waals surface area contributed by atoms with E-state index in [1.165, 1.54) is 18.4 Å². The van der Waals surface area contributed by atoms with Crippen molar-refractivity contribution >= 4 is 16.9 Å². The van der Waals surface area contributed by atoms with E-state index in [4.69, 9.17) is 9.52 Å². The molecule has 1 saturated carbocycles. The Kier molecular flexibility index (Phi) is 3.03. The second-order valence-corrected chi connectivity index (χ2v) is 5.43. The number of aromatic carboxylic acids is 1. The van der Waals surface area contributed by atoms with Crippen molar-refractivity contribution in [3.63, 3.8) is 0 Å². The van der Waals surface area contributed by atoms with Gasteiger partial charge in [-0.15, -0.1) is 0 Å². The fourth-order valence-electron chi connectivity index (χ4n) is 2.41. The van der Waals surface area contributed by atoms with E-state index in [1.54, 1.807) is 6.07 Å². The smallest absolute Gasteiger partial charge is 0.371 e. The summed E-state index contributed by atoms with van der Waals surface area (Å²) in [5, 5.41) is 9.76. The van der Waals surface area contributed by atoms with Gasteiger partial charge in [0, 0.05) is 18.5 Å². The zero-order chi connectivity index (χ0) is 13.4. The molecule has 100 valence electrons. The molecule has 0 spiro atoms. The summed E-state index contributed by atoms with van der Waals surface area (Å²) in [5.74, 6) is -0.150. The average Bonchev–Trinajstić information content (AvgIpc) is 3.05. The maximum Gasteiger partial charge on any atom is 0.371 e. The second-order valence-electron chi connectivity index (χ2n) is 5.43. The van der Waals surface area contributed by atoms with Crippen molar-refractivity contribution in [2.24, 2.45) is 5.92 Å². The summed E-state index contributed by atoms with van der Waals surface area (Å²) in [4.78, 5) is 13.2. The average molecular weight is 259 g/mol. The summed E-state index contributed by atoms with van der Waals surface area (Å²) in [6, 6.07) is 7.44. The molecule has 1 N–H and O–H groups in total. The Morgan fingerprint density at radius 3 is 2.89 bits per heavy atom. The molecule has 1 aliphatic rings. The van der Waals surface area contributed by atoms with E-state index in [1.807, 2.05) is 18.2 Å². The highest BCUT2D eigenvalue weighted by Crippen LogP contribution is 2.30. The predicted molar refractivity (Wildman–Crippen MR) is 72.2 cm³/mol. The minimum Gasteiger partial charge on any atom is -0.475 e. The fourth-order valence-corrected chi connectivity index (χ4v) is 2.41. The molecular formula is C15H17NO3. The first kappa shape index (κ1) is 12.2. The SMILES string of the molecule is CN(Cc1ccc2oc(C(=O)O)cc2c1)CC1CC1. The van der Waals surface area contributed by atoms with Crippen LogP contribution in [-0.4, -0.2) is 29.6 Å². The number of fused-ring (bicyclic) bond motifs is 1. The zero-order valence-corrected chi connectivity index (χ0v) is 10.9. The third-order valence-corrected chi connectivity index (χ3v) is 3.51. The number of hydrogen-bond donors (Lipinski definition) is 1. The van der Waals surface area contributed by atoms with E-state index >= 15 is 0 Å². The molecule has 0 unspecified atom stereocenters. The number of carbonyl (C=O) groups is 1. The van der Waals surface area contributed by atoms with Crippen LogP contribution in [0, 0.1) is 5.92 Å². The van der Waals surface area contributed by atoms with Gasteiger partial charge in [0.15, 0.2) is 0 Å². The molecule has 0 saturated heterocycles. The lowest BCUT2D eigenvalue weighted by Crippen LogP contribution is -2.20. The van der Waals surface area contributed by atoms with Crippen molar-refractivity contribution in [2.75, 3.05) is 13.6 Å². The predicted octanol–water partition coefficient (Wildman–Crippen LogP) is 2.97. The van der Waals surface area contributed by atoms with Crippen molar-refractivity contribution in [1.82, 2.24) is 4.90 Å². The van der Waals surface area contributed by atoms with Crippen molar-refractivity contribution in [3.8, 4) is 0 Å². The molecule has 4 heteroatoms. The van der Waals surface area contributed by atoms with E-state index < -0.39 is 5.97 Å². The molecule has 1 heterocycles. The number of nitrogens with zero attached hydrogens (tertiary/aromatic N) is 1. The van der Waals surface area contributed by atoms with Crippen molar-refractivity contribution in [2.45, 2.75) is 19.4 Å². The molecule has 1 fully saturated rings. The van der Waals surface area contributed by atoms with E-state index in [2.05, 4.69) is 11.9 Å². The summed E-state index contributed by atoms with van der Waals surface area (Å²) in [6.07, 6.45) is 2.71. The third kappa shape index (κ3) is 2.79. The molecule has 0 atom stereocenters. The molecule has 19 heavy (non-hydrogen) atoms. The zero-order valence-electron chi connectivity index (χ0n) is 10.9. The van der Waals surface area contributed by atoms with Crippen LogP contribution in [0.3, 0.4) is 0 Å². The van der Waals surface area contributed by atoms with Crippen LogP contribution < -0.4 is 0 Å². The van der Waals surface area contributed by atoms with Crippen LogP contribution in [0.15, 0.2) is 28.7 Å². The van der Waals surface area contributed by atoms with Crippen LogP contribution in [0.5, 0.6) is 0 Å². The topological polar surface area (TPSA) is 53.7 Å². The summed E-state index contributed by atoms with van der Waals surface area (Å²) in [7, 11) is 2.13. The lowest BCUT2D eigenvalue weighted by Gasteiger charge is -2.16. The van der Waals surface area contributed by atoms with E-state index in [0.717, 1.165) is 24.4 Å². The molecule has 1 aromatic carbocycles. The van der Waals surface area contributed by atoms with Gasteiger partial charge < -0.3 is 14.4 Å². The number of benzene rings is 1. The first-order chi connectivity index (χ1) is 9.11. The summed E-state index contributed by atoms with van der Waals surface area (Å²) < 4.78 is 5.25. The first-order valence-electron chi connectivity index (χ1n) is 6.56. The Morgan fingerprint density at radius 2 is 2.21 bits per heavy atom. The normalized spacial score (nSPS) is 15.3. The highest BCUT2D eigenvalue weighted by Gasteiger charge is 2.22. The van der Waals surface area contributed by atoms with Gasteiger partial charge in [-0.2, -0.15) is 0 Å². The molecular weight excluding hydrogens is 242 g/mol. The standard InChI is InChI=1S/C15H17NO3/c1-16(8-10-2-3-10)9-11-4-5-13-12(6-11)7-14(19-13)15(17)18/h4-7,10H,2-3,8-9H2,1H3,(H,17,18). The minimum absolute atomic E-state index is 0.00140. The van der Waals surface area contributed by atoms with Gasteiger partial charge in [0.05, 0.1) is 0 Å². The number of furan rings is 1. The number of carboxylic acid groups (broad SMARTS) is 1. The molecule has 2 aromatic rings. The summed E-state index contributed by atoms with van der Waals surface area (Å²) >= 11 is 0. The highest BCUT2D eigenvalue weighted by atomic mass is 16.4. The van der Waals surface area contributed by atoms with E-state index in [-0.39, 0.29) is 5.76 Å². The molecule has 0 amide bonds. The Hall–Kier alpha value is -1.81. The monoisotopic (exact) mass is 259 g/mol. The largest absolute Gasteiger partial charge is 0.475 e. The summed E-state index contributed by atoms with van der Waals surface area (Å²) in [5.41, 5.74) is 1.82. The van der Waals surface area contributed by atoms with Gasteiger partial charge in [-0.05, 0) is 49.6 Å². The quantitative estimate of drug-likeness (QED) is 0.896. The molecule has 0 aliphatic heterocycles. The van der Waals surface area contributed by atoms with Crippen molar-refractivity contribution < 1.29 is 14.3 Å². The maximum atomic E-state index is 10.9. The van der Waals surface area contributed by atoms with Gasteiger partial charge in [0.1, 0.15) is 5.58 Å². The number of hydrogen-bond acceptors (Lipinski definition) is 3. The van der Waals surface area contributed by atoms with Gasteiger partial charge in [-0.1, -0.05) is 6.07 Å². The molecule has 1 aromatic heterocycles. The lowest BCUT2D eigenvalue weighted by molar-refractivity contribution is 0.0665. The van der Waals surface area contributed by atoms with Gasteiger partial charge in [0.25, 0.3) is 0 Å². The molecule has 0 radical (unpaired) electrons. The highest BCUT2D eigenvalue weighted by molar-refractivity contribution is 5.91. The lowest BCUT2D eigenvalue weighted by atomic mass is 10.1. The van der Waals surface area contributed by atoms with E-state index in [0.29, 0.717) is 5.58 Å². The minimum atomic E-state index is -1.02. The summed E-state index contributed by atoms with van der Waals surface area (Å²) in [6.45, 7) is 2.03. The number of rotatable bonds is 5. The Balaban J connectivity index is 1.78. The van der Waals surface area contributed by atoms with Crippen molar-refractivity contribution in [1.29, 1.82) is 0 Å². The molecule has 0 bridgehead atoms. The van der Waals surface area contributed by atoms with Crippen molar-refractivity contribution in [3.05, 3.63) is 35.6 Å². The van der Waals surface area contributed by atoms with E-state index in [9.17, 15) is 4.79 Å².